The van der Waals surface area contributed by atoms with E-state index in [-0.39, 0.29) is 66.2 Å². The highest BCUT2D eigenvalue weighted by atomic mass is 16.6. The Kier molecular flexibility index (Phi) is 9.92. The van der Waals surface area contributed by atoms with E-state index in [1.165, 1.54) is 19.3 Å². The fraction of sp³-hybridized carbons (Fsp3) is 0.714. The van der Waals surface area contributed by atoms with Crippen molar-refractivity contribution in [3.63, 3.8) is 0 Å². The average molecular weight is 506 g/mol. The molecule has 0 bridgehead atoms. The van der Waals surface area contributed by atoms with Crippen molar-refractivity contribution in [2.45, 2.75) is 102 Å². The van der Waals surface area contributed by atoms with E-state index in [1.54, 1.807) is 6.92 Å². The van der Waals surface area contributed by atoms with Crippen LogP contribution in [-0.2, 0) is 28.5 Å². The van der Waals surface area contributed by atoms with Crippen molar-refractivity contribution in [3.8, 4) is 0 Å². The van der Waals surface area contributed by atoms with Gasteiger partial charge in [0.2, 0.25) is 5.91 Å². The smallest absolute Gasteiger partial charge is 0.308 e. The van der Waals surface area contributed by atoms with Gasteiger partial charge < -0.3 is 29.4 Å². The van der Waals surface area contributed by atoms with Crippen LogP contribution in [0.4, 0.5) is 0 Å². The molecule has 0 aromatic carbocycles. The van der Waals surface area contributed by atoms with Crippen LogP contribution in [0, 0.1) is 11.8 Å². The second-order valence-electron chi connectivity index (χ2n) is 10.7. The van der Waals surface area contributed by atoms with Crippen molar-refractivity contribution < 1.29 is 33.6 Å². The first-order valence-corrected chi connectivity index (χ1v) is 13.1. The number of ether oxygens (including phenoxy) is 4. The predicted octanol–water partition coefficient (Wildman–Crippen LogP) is 3.24. The monoisotopic (exact) mass is 505 g/mol. The van der Waals surface area contributed by atoms with Gasteiger partial charge in [-0.2, -0.15) is 0 Å². The van der Waals surface area contributed by atoms with Gasteiger partial charge in [0, 0.05) is 18.4 Å². The Morgan fingerprint density at radius 3 is 2.58 bits per heavy atom. The van der Waals surface area contributed by atoms with E-state index in [2.05, 4.69) is 44.3 Å². The molecule has 0 aromatic rings. The maximum Gasteiger partial charge on any atom is 0.308 e. The van der Waals surface area contributed by atoms with Gasteiger partial charge in [-0.3, -0.25) is 9.59 Å². The number of rotatable bonds is 9. The van der Waals surface area contributed by atoms with Crippen LogP contribution in [0.3, 0.4) is 0 Å². The maximum absolute atomic E-state index is 12.1. The van der Waals surface area contributed by atoms with E-state index < -0.39 is 6.10 Å². The summed E-state index contributed by atoms with van der Waals surface area (Å²) in [5.41, 5.74) is 0.928. The van der Waals surface area contributed by atoms with Gasteiger partial charge in [-0.1, -0.05) is 43.7 Å². The Labute approximate surface area is 215 Å². The number of carbonyl (C=O) groups excluding carboxylic acids is 2. The van der Waals surface area contributed by atoms with Crippen molar-refractivity contribution in [1.29, 1.82) is 0 Å². The molecule has 0 radical (unpaired) electrons. The normalized spacial score (nSPS) is 37.9. The molecule has 3 heterocycles. The Morgan fingerprint density at radius 1 is 1.22 bits per heavy atom. The molecule has 0 aliphatic carbocycles. The summed E-state index contributed by atoms with van der Waals surface area (Å²) < 4.78 is 23.1. The molecule has 8 heteroatoms. The van der Waals surface area contributed by atoms with Gasteiger partial charge in [-0.15, -0.1) is 0 Å². The standard InChI is InChI=1S/C28H43NO7/c1-17(8-11-25-20(4)28(16-34-28)15-22(36-25)14-27(32)33-6)7-10-24-18(2)13-23(21(5)35-24)29-26(31)12-9-19(3)30/h7-9,11-12,18-25,30H,10,13-16H2,1-6H3,(H,29,31)/b11-8+,12-9-,17-7+/t18-,19-,20+,21+,22+,23+,24-,25+,28+/m0/s1. The van der Waals surface area contributed by atoms with E-state index in [4.69, 9.17) is 18.9 Å². The van der Waals surface area contributed by atoms with Crippen LogP contribution in [0.1, 0.15) is 60.3 Å². The molecule has 1 spiro atoms. The maximum atomic E-state index is 12.1. The number of nitrogens with one attached hydrogen (secondary N) is 1. The van der Waals surface area contributed by atoms with Crippen LogP contribution in [-0.4, -0.2) is 72.9 Å². The van der Waals surface area contributed by atoms with Crippen LogP contribution in [0.5, 0.6) is 0 Å². The van der Waals surface area contributed by atoms with E-state index in [9.17, 15) is 14.7 Å². The summed E-state index contributed by atoms with van der Waals surface area (Å²) in [4.78, 5) is 23.9. The number of aliphatic hydroxyl groups is 1. The third kappa shape index (κ3) is 7.75. The third-order valence-corrected chi connectivity index (χ3v) is 7.67. The molecule has 36 heavy (non-hydrogen) atoms. The minimum atomic E-state index is -0.652. The average Bonchev–Trinajstić information content (AvgIpc) is 3.60. The molecule has 3 fully saturated rings. The second-order valence-corrected chi connectivity index (χ2v) is 10.7. The molecule has 1 amide bonds. The van der Waals surface area contributed by atoms with Crippen molar-refractivity contribution in [3.05, 3.63) is 36.0 Å². The second kappa shape index (κ2) is 12.5. The van der Waals surface area contributed by atoms with Crippen LogP contribution < -0.4 is 5.32 Å². The molecule has 0 saturated carbocycles. The van der Waals surface area contributed by atoms with Crippen LogP contribution in [0.2, 0.25) is 0 Å². The molecule has 3 rings (SSSR count). The van der Waals surface area contributed by atoms with Crippen molar-refractivity contribution in [2.24, 2.45) is 11.8 Å². The number of methoxy groups -OCH3 is 1. The minimum Gasteiger partial charge on any atom is -0.469 e. The van der Waals surface area contributed by atoms with Gasteiger partial charge in [0.25, 0.3) is 0 Å². The lowest BCUT2D eigenvalue weighted by Gasteiger charge is -2.39. The number of hydrogen-bond acceptors (Lipinski definition) is 7. The lowest BCUT2D eigenvalue weighted by atomic mass is 9.81. The van der Waals surface area contributed by atoms with E-state index in [0.29, 0.717) is 6.61 Å². The van der Waals surface area contributed by atoms with Crippen molar-refractivity contribution >= 4 is 11.9 Å². The largest absolute Gasteiger partial charge is 0.469 e. The SMILES string of the molecule is COC(=O)C[C@@H]1C[C@@]2(CO2)[C@H](C)[C@@H](/C=C/C(C)=C/C[C@@H]2O[C@H](C)[C@H](NC(=O)/C=C\[C@H](C)O)C[C@@H]2C)O1. The van der Waals surface area contributed by atoms with Gasteiger partial charge in [-0.25, -0.2) is 0 Å². The fourth-order valence-electron chi connectivity index (χ4n) is 5.12. The van der Waals surface area contributed by atoms with Gasteiger partial charge in [0.1, 0.15) is 0 Å². The zero-order valence-corrected chi connectivity index (χ0v) is 22.4. The molecule has 3 aliphatic rings. The first-order chi connectivity index (χ1) is 17.0. The first-order valence-electron chi connectivity index (χ1n) is 13.1. The molecule has 3 saturated heterocycles. The Bertz CT molecular complexity index is 860. The predicted molar refractivity (Wildman–Crippen MR) is 136 cm³/mol. The van der Waals surface area contributed by atoms with Crippen LogP contribution in [0.15, 0.2) is 36.0 Å². The number of epoxide rings is 1. The highest BCUT2D eigenvalue weighted by Gasteiger charge is 2.56. The van der Waals surface area contributed by atoms with E-state index >= 15 is 0 Å². The molecule has 0 unspecified atom stereocenters. The molecular formula is C28H43NO7. The summed E-state index contributed by atoms with van der Waals surface area (Å²) in [5.74, 6) is 0.0146. The van der Waals surface area contributed by atoms with Gasteiger partial charge in [-0.05, 0) is 39.5 Å². The van der Waals surface area contributed by atoms with E-state index in [0.717, 1.165) is 24.8 Å². The number of esters is 1. The topological polar surface area (TPSA) is 107 Å². The number of allylic oxidation sites excluding steroid dienone is 2. The third-order valence-electron chi connectivity index (χ3n) is 7.67. The molecule has 0 aromatic heterocycles. The number of aliphatic hydroxyl groups excluding tert-OH is 1. The van der Waals surface area contributed by atoms with Crippen LogP contribution in [0.25, 0.3) is 0 Å². The summed E-state index contributed by atoms with van der Waals surface area (Å²) in [7, 11) is 1.40. The summed E-state index contributed by atoms with van der Waals surface area (Å²) in [5, 5.41) is 12.3. The lowest BCUT2D eigenvalue weighted by molar-refractivity contribution is -0.149. The molecule has 3 aliphatic heterocycles. The summed E-state index contributed by atoms with van der Waals surface area (Å²) in [6.45, 7) is 10.7. The molecule has 9 atom stereocenters. The zero-order chi connectivity index (χ0) is 26.5. The Morgan fingerprint density at radius 2 is 1.94 bits per heavy atom. The Balaban J connectivity index is 1.52. The van der Waals surface area contributed by atoms with Crippen molar-refractivity contribution in [1.82, 2.24) is 5.32 Å². The molecule has 8 nitrogen and oxygen atoms in total. The lowest BCUT2D eigenvalue weighted by Crippen LogP contribution is -2.50. The number of hydrogen-bond donors (Lipinski definition) is 2. The first kappa shape index (κ1) is 28.6. The summed E-state index contributed by atoms with van der Waals surface area (Å²) in [6, 6.07) is -0.0628. The number of carbonyl (C=O) groups is 2. The quantitative estimate of drug-likeness (QED) is 0.214. The highest BCUT2D eigenvalue weighted by molar-refractivity contribution is 5.87. The minimum absolute atomic E-state index is 0.0628. The van der Waals surface area contributed by atoms with Gasteiger partial charge in [0.15, 0.2) is 0 Å². The zero-order valence-electron chi connectivity index (χ0n) is 22.4. The molecular weight excluding hydrogens is 462 g/mol. The fourth-order valence-corrected chi connectivity index (χ4v) is 5.12. The molecule has 202 valence electrons. The van der Waals surface area contributed by atoms with E-state index in [1.807, 2.05) is 6.92 Å². The highest BCUT2D eigenvalue weighted by Crippen LogP contribution is 2.47. The summed E-state index contributed by atoms with van der Waals surface area (Å²) in [6.07, 6.45) is 10.7. The van der Waals surface area contributed by atoms with Gasteiger partial charge in [0.05, 0.1) is 62.3 Å². The number of amides is 1. The van der Waals surface area contributed by atoms with Crippen molar-refractivity contribution in [2.75, 3.05) is 13.7 Å². The Hall–Kier alpha value is -2.00. The summed E-state index contributed by atoms with van der Waals surface area (Å²) >= 11 is 0. The van der Waals surface area contributed by atoms with Crippen LogP contribution >= 0.6 is 0 Å². The van der Waals surface area contributed by atoms with Gasteiger partial charge >= 0.3 is 5.97 Å². The molecule has 2 N–H and O–H groups in total.